The second-order valence-corrected chi connectivity index (χ2v) is 6.97. The normalized spacial score (nSPS) is 10.4. The quantitative estimate of drug-likeness (QED) is 0.663. The van der Waals surface area contributed by atoms with E-state index < -0.39 is 0 Å². The first-order valence-corrected chi connectivity index (χ1v) is 9.41. The van der Waals surface area contributed by atoms with E-state index in [1.165, 1.54) is 4.90 Å². The van der Waals surface area contributed by atoms with Gasteiger partial charge in [-0.3, -0.25) is 4.79 Å². The van der Waals surface area contributed by atoms with Crippen LogP contribution in [0.3, 0.4) is 0 Å². The molecule has 0 heterocycles. The monoisotopic (exact) mass is 399 g/mol. The lowest BCUT2D eigenvalue weighted by Gasteiger charge is -2.19. The number of carbonyl (C=O) groups is 2. The van der Waals surface area contributed by atoms with E-state index in [0.29, 0.717) is 24.7 Å². The summed E-state index contributed by atoms with van der Waals surface area (Å²) in [6, 6.07) is 10.7. The van der Waals surface area contributed by atoms with Gasteiger partial charge in [0.05, 0.1) is 6.61 Å². The van der Waals surface area contributed by atoms with Gasteiger partial charge in [0.1, 0.15) is 18.9 Å². The van der Waals surface area contributed by atoms with Crippen LogP contribution in [0.1, 0.15) is 16.7 Å². The van der Waals surface area contributed by atoms with Gasteiger partial charge in [-0.1, -0.05) is 17.7 Å². The minimum Gasteiger partial charge on any atom is -0.491 e. The van der Waals surface area contributed by atoms with Crippen molar-refractivity contribution in [3.8, 4) is 5.75 Å². The molecule has 29 heavy (non-hydrogen) atoms. The SMILES string of the molecule is COCCOc1ccc(NC(=O)N(C)CC(=O)Nc2c(C)cc(C)cc2C)cc1. The fourth-order valence-electron chi connectivity index (χ4n) is 2.94. The van der Waals surface area contributed by atoms with Crippen LogP contribution >= 0.6 is 0 Å². The molecule has 0 bridgehead atoms. The maximum atomic E-state index is 12.4. The Labute approximate surface area is 172 Å². The standard InChI is InChI=1S/C22H29N3O4/c1-15-12-16(2)21(17(3)13-15)24-20(26)14-25(4)22(27)23-18-6-8-19(9-7-18)29-11-10-28-5/h6-9,12-13H,10-11,14H2,1-5H3,(H,23,27)(H,24,26). The van der Waals surface area contributed by atoms with Crippen LogP contribution in [0.15, 0.2) is 36.4 Å². The zero-order valence-electron chi connectivity index (χ0n) is 17.7. The van der Waals surface area contributed by atoms with E-state index >= 15 is 0 Å². The summed E-state index contributed by atoms with van der Waals surface area (Å²) in [7, 11) is 3.19. The Morgan fingerprint density at radius 3 is 2.17 bits per heavy atom. The number of ether oxygens (including phenoxy) is 2. The number of benzene rings is 2. The van der Waals surface area contributed by atoms with E-state index in [2.05, 4.69) is 10.6 Å². The summed E-state index contributed by atoms with van der Waals surface area (Å²) in [6.45, 7) is 6.83. The van der Waals surface area contributed by atoms with Gasteiger partial charge in [0.25, 0.3) is 0 Å². The summed E-state index contributed by atoms with van der Waals surface area (Å²) >= 11 is 0. The number of aryl methyl sites for hydroxylation is 3. The van der Waals surface area contributed by atoms with E-state index in [4.69, 9.17) is 9.47 Å². The number of anilines is 2. The van der Waals surface area contributed by atoms with Crippen molar-refractivity contribution in [2.75, 3.05) is 44.5 Å². The number of nitrogens with zero attached hydrogens (tertiary/aromatic N) is 1. The number of amides is 3. The van der Waals surface area contributed by atoms with Crippen LogP contribution in [0.25, 0.3) is 0 Å². The molecule has 0 aromatic heterocycles. The lowest BCUT2D eigenvalue weighted by atomic mass is 10.1. The maximum absolute atomic E-state index is 12.4. The van der Waals surface area contributed by atoms with Crippen molar-refractivity contribution in [1.29, 1.82) is 0 Å². The Bertz CT molecular complexity index is 827. The summed E-state index contributed by atoms with van der Waals surface area (Å²) in [4.78, 5) is 26.1. The van der Waals surface area contributed by atoms with Gasteiger partial charge in [-0.25, -0.2) is 4.79 Å². The molecule has 2 N–H and O–H groups in total. The van der Waals surface area contributed by atoms with Crippen LogP contribution in [0.4, 0.5) is 16.2 Å². The first-order chi connectivity index (χ1) is 13.8. The smallest absolute Gasteiger partial charge is 0.322 e. The fraction of sp³-hybridized carbons (Fsp3) is 0.364. The number of urea groups is 1. The molecule has 0 aliphatic rings. The second kappa shape index (κ2) is 10.5. The van der Waals surface area contributed by atoms with Crippen molar-refractivity contribution < 1.29 is 19.1 Å². The summed E-state index contributed by atoms with van der Waals surface area (Å²) in [6.07, 6.45) is 0. The van der Waals surface area contributed by atoms with Gasteiger partial charge in [-0.15, -0.1) is 0 Å². The molecule has 0 saturated carbocycles. The molecule has 0 atom stereocenters. The van der Waals surface area contributed by atoms with Crippen molar-refractivity contribution in [3.63, 3.8) is 0 Å². The average molecular weight is 399 g/mol. The molecule has 2 aromatic rings. The lowest BCUT2D eigenvalue weighted by molar-refractivity contribution is -0.116. The Balaban J connectivity index is 1.88. The Morgan fingerprint density at radius 2 is 1.59 bits per heavy atom. The Kier molecular flexibility index (Phi) is 8.03. The molecule has 7 heteroatoms. The molecule has 0 aliphatic carbocycles. The highest BCUT2D eigenvalue weighted by atomic mass is 16.5. The molecule has 2 rings (SSSR count). The predicted molar refractivity (Wildman–Crippen MR) is 115 cm³/mol. The molecule has 0 aliphatic heterocycles. The van der Waals surface area contributed by atoms with Gasteiger partial charge in [-0.2, -0.15) is 0 Å². The minimum atomic E-state index is -0.370. The number of hydrogen-bond acceptors (Lipinski definition) is 4. The average Bonchev–Trinajstić information content (AvgIpc) is 2.66. The van der Waals surface area contributed by atoms with Gasteiger partial charge in [0, 0.05) is 25.5 Å². The Hall–Kier alpha value is -3.06. The number of carbonyl (C=O) groups excluding carboxylic acids is 2. The van der Waals surface area contributed by atoms with E-state index in [1.54, 1.807) is 38.4 Å². The molecule has 0 saturated heterocycles. The first-order valence-electron chi connectivity index (χ1n) is 9.41. The number of hydrogen-bond donors (Lipinski definition) is 2. The largest absolute Gasteiger partial charge is 0.491 e. The summed E-state index contributed by atoms with van der Waals surface area (Å²) in [5.41, 5.74) is 4.54. The van der Waals surface area contributed by atoms with Crippen LogP contribution < -0.4 is 15.4 Å². The molecular weight excluding hydrogens is 370 g/mol. The summed E-state index contributed by atoms with van der Waals surface area (Å²) < 4.78 is 10.4. The van der Waals surface area contributed by atoms with Crippen LogP contribution in [-0.4, -0.2) is 50.8 Å². The van der Waals surface area contributed by atoms with Crippen LogP contribution in [0, 0.1) is 20.8 Å². The minimum absolute atomic E-state index is 0.0587. The molecule has 0 radical (unpaired) electrons. The second-order valence-electron chi connectivity index (χ2n) is 6.97. The van der Waals surface area contributed by atoms with Gasteiger partial charge in [0.2, 0.25) is 5.91 Å². The molecule has 156 valence electrons. The summed E-state index contributed by atoms with van der Waals surface area (Å²) in [5.74, 6) is 0.441. The van der Waals surface area contributed by atoms with Crippen molar-refractivity contribution in [3.05, 3.63) is 53.1 Å². The zero-order chi connectivity index (χ0) is 21.4. The van der Waals surface area contributed by atoms with Crippen molar-refractivity contribution in [2.45, 2.75) is 20.8 Å². The third-order valence-electron chi connectivity index (χ3n) is 4.33. The van der Waals surface area contributed by atoms with Crippen LogP contribution in [0.5, 0.6) is 5.75 Å². The Morgan fingerprint density at radius 1 is 0.966 bits per heavy atom. The fourth-order valence-corrected chi connectivity index (χ4v) is 2.94. The summed E-state index contributed by atoms with van der Waals surface area (Å²) in [5, 5.41) is 5.66. The van der Waals surface area contributed by atoms with Crippen molar-refractivity contribution >= 4 is 23.3 Å². The van der Waals surface area contributed by atoms with E-state index in [1.807, 2.05) is 32.9 Å². The van der Waals surface area contributed by atoms with Crippen molar-refractivity contribution in [1.82, 2.24) is 4.90 Å². The molecule has 0 spiro atoms. The van der Waals surface area contributed by atoms with E-state index in [9.17, 15) is 9.59 Å². The third kappa shape index (κ3) is 6.80. The first kappa shape index (κ1) is 22.2. The van der Waals surface area contributed by atoms with Crippen molar-refractivity contribution in [2.24, 2.45) is 0 Å². The highest BCUT2D eigenvalue weighted by Crippen LogP contribution is 2.22. The van der Waals surface area contributed by atoms with Gasteiger partial charge in [0.15, 0.2) is 0 Å². The molecule has 2 aromatic carbocycles. The van der Waals surface area contributed by atoms with Crippen LogP contribution in [0.2, 0.25) is 0 Å². The predicted octanol–water partition coefficient (Wildman–Crippen LogP) is 3.74. The number of nitrogens with one attached hydrogen (secondary N) is 2. The van der Waals surface area contributed by atoms with E-state index in [-0.39, 0.29) is 18.5 Å². The van der Waals surface area contributed by atoms with Gasteiger partial charge in [-0.05, 0) is 56.2 Å². The highest BCUT2D eigenvalue weighted by molar-refractivity contribution is 5.97. The molecule has 0 fully saturated rings. The number of rotatable bonds is 8. The topological polar surface area (TPSA) is 79.9 Å². The molecule has 3 amide bonds. The number of methoxy groups -OCH3 is 1. The zero-order valence-corrected chi connectivity index (χ0v) is 17.7. The molecule has 7 nitrogen and oxygen atoms in total. The molecule has 0 unspecified atom stereocenters. The third-order valence-corrected chi connectivity index (χ3v) is 4.33. The number of likely N-dealkylation sites (N-methyl/N-ethyl adjacent to an activating group) is 1. The lowest BCUT2D eigenvalue weighted by Crippen LogP contribution is -2.37. The van der Waals surface area contributed by atoms with E-state index in [0.717, 1.165) is 22.4 Å². The van der Waals surface area contributed by atoms with Crippen LogP contribution in [-0.2, 0) is 9.53 Å². The van der Waals surface area contributed by atoms with Gasteiger partial charge >= 0.3 is 6.03 Å². The highest BCUT2D eigenvalue weighted by Gasteiger charge is 2.15. The van der Waals surface area contributed by atoms with Gasteiger partial charge < -0.3 is 25.0 Å². The maximum Gasteiger partial charge on any atom is 0.322 e. The molecular formula is C22H29N3O4.